The molecule has 0 radical (unpaired) electrons. The van der Waals surface area contributed by atoms with Gasteiger partial charge in [0, 0.05) is 30.2 Å². The van der Waals surface area contributed by atoms with E-state index in [1.807, 2.05) is 30.3 Å². The Labute approximate surface area is 161 Å². The zero-order valence-electron chi connectivity index (χ0n) is 16.5. The summed E-state index contributed by atoms with van der Waals surface area (Å²) >= 11 is 0. The number of para-hydroxylation sites is 1. The van der Waals surface area contributed by atoms with Gasteiger partial charge in [-0.1, -0.05) is 56.3 Å². The molecule has 0 aliphatic carbocycles. The second-order valence-electron chi connectivity index (χ2n) is 7.53. The van der Waals surface area contributed by atoms with E-state index in [2.05, 4.69) is 60.5 Å². The van der Waals surface area contributed by atoms with Crippen LogP contribution >= 0.6 is 0 Å². The molecule has 0 saturated carbocycles. The SMILES string of the molecule is CC(C)c1ccc(CN(C)CC(=O)NCCc2c[nH]c3ccccc23)cc1. The van der Waals surface area contributed by atoms with Crippen molar-refractivity contribution in [1.82, 2.24) is 15.2 Å². The van der Waals surface area contributed by atoms with Crippen molar-refractivity contribution in [2.45, 2.75) is 32.7 Å². The van der Waals surface area contributed by atoms with Gasteiger partial charge < -0.3 is 10.3 Å². The summed E-state index contributed by atoms with van der Waals surface area (Å²) in [4.78, 5) is 17.5. The largest absolute Gasteiger partial charge is 0.361 e. The van der Waals surface area contributed by atoms with Gasteiger partial charge in [-0.15, -0.1) is 0 Å². The average Bonchev–Trinajstić information content (AvgIpc) is 3.05. The van der Waals surface area contributed by atoms with Crippen LogP contribution in [-0.2, 0) is 17.8 Å². The molecule has 0 aliphatic rings. The number of nitrogens with zero attached hydrogens (tertiary/aromatic N) is 1. The van der Waals surface area contributed by atoms with Gasteiger partial charge in [0.15, 0.2) is 0 Å². The molecule has 0 unspecified atom stereocenters. The number of likely N-dealkylation sites (N-methyl/N-ethyl adjacent to an activating group) is 1. The summed E-state index contributed by atoms with van der Waals surface area (Å²) in [7, 11) is 1.98. The van der Waals surface area contributed by atoms with E-state index in [1.165, 1.54) is 22.1 Å². The molecule has 3 rings (SSSR count). The fourth-order valence-electron chi connectivity index (χ4n) is 3.35. The second kappa shape index (κ2) is 8.87. The maximum atomic E-state index is 12.2. The number of nitrogens with one attached hydrogen (secondary N) is 2. The summed E-state index contributed by atoms with van der Waals surface area (Å²) in [6, 6.07) is 16.9. The topological polar surface area (TPSA) is 48.1 Å². The van der Waals surface area contributed by atoms with E-state index in [0.717, 1.165) is 18.5 Å². The number of benzene rings is 2. The molecule has 0 saturated heterocycles. The molecule has 3 aromatic rings. The normalized spacial score (nSPS) is 11.4. The Bertz CT molecular complexity index is 880. The van der Waals surface area contributed by atoms with Crippen molar-refractivity contribution in [3.63, 3.8) is 0 Å². The molecule has 2 aromatic carbocycles. The number of carbonyl (C=O) groups excluding carboxylic acids is 1. The lowest BCUT2D eigenvalue weighted by molar-refractivity contribution is -0.122. The first-order valence-corrected chi connectivity index (χ1v) is 9.62. The molecule has 0 fully saturated rings. The number of amides is 1. The minimum Gasteiger partial charge on any atom is -0.361 e. The number of fused-ring (bicyclic) bond motifs is 1. The lowest BCUT2D eigenvalue weighted by Gasteiger charge is -2.17. The highest BCUT2D eigenvalue weighted by atomic mass is 16.2. The van der Waals surface area contributed by atoms with Crippen LogP contribution in [0.1, 0.15) is 36.5 Å². The molecule has 142 valence electrons. The molecular formula is C23H29N3O. The van der Waals surface area contributed by atoms with Crippen LogP contribution in [0.25, 0.3) is 10.9 Å². The van der Waals surface area contributed by atoms with Gasteiger partial charge in [0.05, 0.1) is 6.54 Å². The molecule has 1 aromatic heterocycles. The van der Waals surface area contributed by atoms with Crippen LogP contribution < -0.4 is 5.32 Å². The number of rotatable bonds is 8. The average molecular weight is 364 g/mol. The molecular weight excluding hydrogens is 334 g/mol. The van der Waals surface area contributed by atoms with Crippen LogP contribution in [-0.4, -0.2) is 35.9 Å². The summed E-state index contributed by atoms with van der Waals surface area (Å²) in [5.74, 6) is 0.607. The lowest BCUT2D eigenvalue weighted by atomic mass is 10.0. The zero-order valence-corrected chi connectivity index (χ0v) is 16.5. The van der Waals surface area contributed by atoms with E-state index in [4.69, 9.17) is 0 Å². The summed E-state index contributed by atoms with van der Waals surface area (Å²) in [5.41, 5.74) is 4.96. The highest BCUT2D eigenvalue weighted by Crippen LogP contribution is 2.18. The Morgan fingerprint density at radius 3 is 2.59 bits per heavy atom. The fourth-order valence-corrected chi connectivity index (χ4v) is 3.35. The van der Waals surface area contributed by atoms with Crippen molar-refractivity contribution in [1.29, 1.82) is 0 Å². The number of carbonyl (C=O) groups is 1. The molecule has 4 heteroatoms. The maximum Gasteiger partial charge on any atom is 0.234 e. The fraction of sp³-hybridized carbons (Fsp3) is 0.348. The Morgan fingerprint density at radius 1 is 1.11 bits per heavy atom. The molecule has 2 N–H and O–H groups in total. The predicted octanol–water partition coefficient (Wildman–Crippen LogP) is 4.08. The molecule has 1 amide bonds. The Kier molecular flexibility index (Phi) is 6.30. The standard InChI is InChI=1S/C23H29N3O/c1-17(2)19-10-8-18(9-11-19)15-26(3)16-23(27)24-13-12-20-14-25-22-7-5-4-6-21(20)22/h4-11,14,17,25H,12-13,15-16H2,1-3H3,(H,24,27). The smallest absolute Gasteiger partial charge is 0.234 e. The first-order chi connectivity index (χ1) is 13.0. The van der Waals surface area contributed by atoms with Gasteiger partial charge >= 0.3 is 0 Å². The maximum absolute atomic E-state index is 12.2. The van der Waals surface area contributed by atoms with Crippen molar-refractivity contribution in [2.24, 2.45) is 0 Å². The van der Waals surface area contributed by atoms with Gasteiger partial charge in [-0.2, -0.15) is 0 Å². The molecule has 4 nitrogen and oxygen atoms in total. The van der Waals surface area contributed by atoms with E-state index >= 15 is 0 Å². The monoisotopic (exact) mass is 363 g/mol. The number of hydrogen-bond donors (Lipinski definition) is 2. The zero-order chi connectivity index (χ0) is 19.2. The van der Waals surface area contributed by atoms with Crippen LogP contribution in [0.15, 0.2) is 54.7 Å². The summed E-state index contributed by atoms with van der Waals surface area (Å²) in [6.07, 6.45) is 2.86. The number of H-pyrrole nitrogens is 1. The van der Waals surface area contributed by atoms with Gasteiger partial charge in [0.2, 0.25) is 5.91 Å². The van der Waals surface area contributed by atoms with E-state index in [-0.39, 0.29) is 5.91 Å². The van der Waals surface area contributed by atoms with Gasteiger partial charge in [-0.25, -0.2) is 0 Å². The van der Waals surface area contributed by atoms with Crippen molar-refractivity contribution >= 4 is 16.8 Å². The Balaban J connectivity index is 1.43. The molecule has 0 aliphatic heterocycles. The number of aromatic nitrogens is 1. The van der Waals surface area contributed by atoms with Gasteiger partial charge in [0.25, 0.3) is 0 Å². The van der Waals surface area contributed by atoms with E-state index in [9.17, 15) is 4.79 Å². The van der Waals surface area contributed by atoms with Gasteiger partial charge in [0.1, 0.15) is 0 Å². The quantitative estimate of drug-likeness (QED) is 0.633. The van der Waals surface area contributed by atoms with Crippen molar-refractivity contribution in [2.75, 3.05) is 20.1 Å². The minimum atomic E-state index is 0.0659. The third-order valence-corrected chi connectivity index (χ3v) is 4.90. The van der Waals surface area contributed by atoms with Crippen molar-refractivity contribution in [3.05, 3.63) is 71.4 Å². The van der Waals surface area contributed by atoms with E-state index in [1.54, 1.807) is 0 Å². The highest BCUT2D eigenvalue weighted by Gasteiger charge is 2.08. The van der Waals surface area contributed by atoms with E-state index in [0.29, 0.717) is 19.0 Å². The lowest BCUT2D eigenvalue weighted by Crippen LogP contribution is -2.35. The molecule has 27 heavy (non-hydrogen) atoms. The first-order valence-electron chi connectivity index (χ1n) is 9.62. The number of aromatic amines is 1. The third kappa shape index (κ3) is 5.20. The van der Waals surface area contributed by atoms with Crippen LogP contribution in [0.4, 0.5) is 0 Å². The van der Waals surface area contributed by atoms with Crippen LogP contribution in [0, 0.1) is 0 Å². The van der Waals surface area contributed by atoms with Gasteiger partial charge in [-0.3, -0.25) is 9.69 Å². The highest BCUT2D eigenvalue weighted by molar-refractivity contribution is 5.83. The predicted molar refractivity (Wildman–Crippen MR) is 112 cm³/mol. The van der Waals surface area contributed by atoms with Crippen LogP contribution in [0.2, 0.25) is 0 Å². The second-order valence-corrected chi connectivity index (χ2v) is 7.53. The molecule has 0 bridgehead atoms. The minimum absolute atomic E-state index is 0.0659. The summed E-state index contributed by atoms with van der Waals surface area (Å²) in [5, 5.41) is 4.26. The van der Waals surface area contributed by atoms with Crippen LogP contribution in [0.3, 0.4) is 0 Å². The third-order valence-electron chi connectivity index (χ3n) is 4.90. The summed E-state index contributed by atoms with van der Waals surface area (Å²) in [6.45, 7) is 6.22. The molecule has 0 atom stereocenters. The van der Waals surface area contributed by atoms with Crippen molar-refractivity contribution in [3.8, 4) is 0 Å². The Morgan fingerprint density at radius 2 is 1.85 bits per heavy atom. The molecule has 0 spiro atoms. The molecule has 1 heterocycles. The van der Waals surface area contributed by atoms with Gasteiger partial charge in [-0.05, 0) is 42.1 Å². The Hall–Kier alpha value is -2.59. The summed E-state index contributed by atoms with van der Waals surface area (Å²) < 4.78 is 0. The van der Waals surface area contributed by atoms with E-state index < -0.39 is 0 Å². The van der Waals surface area contributed by atoms with Crippen LogP contribution in [0.5, 0.6) is 0 Å². The first kappa shape index (κ1) is 19.2. The van der Waals surface area contributed by atoms with Crippen molar-refractivity contribution < 1.29 is 4.79 Å². The number of hydrogen-bond acceptors (Lipinski definition) is 2.